The third kappa shape index (κ3) is 3.87. The van der Waals surface area contributed by atoms with Crippen LogP contribution in [0.15, 0.2) is 47.4 Å². The van der Waals surface area contributed by atoms with E-state index in [4.69, 9.17) is 22.1 Å². The fraction of sp³-hybridized carbons (Fsp3) is 0.143. The van der Waals surface area contributed by atoms with Crippen molar-refractivity contribution in [3.8, 4) is 5.75 Å². The van der Waals surface area contributed by atoms with Gasteiger partial charge in [-0.1, -0.05) is 17.7 Å². The van der Waals surface area contributed by atoms with Gasteiger partial charge in [0.1, 0.15) is 5.75 Å². The van der Waals surface area contributed by atoms with Gasteiger partial charge in [-0.2, -0.15) is 0 Å². The molecule has 2 rings (SSSR count). The second-order valence-corrected chi connectivity index (χ2v) is 6.56. The summed E-state index contributed by atoms with van der Waals surface area (Å²) in [6.45, 7) is 0.138. The summed E-state index contributed by atoms with van der Waals surface area (Å²) in [5, 5.41) is 0.483. The minimum absolute atomic E-state index is 0.138. The summed E-state index contributed by atoms with van der Waals surface area (Å²) in [6.07, 6.45) is 0. The van der Waals surface area contributed by atoms with Crippen LogP contribution in [0.2, 0.25) is 5.02 Å². The van der Waals surface area contributed by atoms with Crippen molar-refractivity contribution < 1.29 is 13.2 Å². The van der Waals surface area contributed by atoms with E-state index in [0.29, 0.717) is 16.5 Å². The Morgan fingerprint density at radius 3 is 2.43 bits per heavy atom. The molecule has 3 N–H and O–H groups in total. The third-order valence-corrected chi connectivity index (χ3v) is 4.55. The molecule has 112 valence electrons. The number of anilines is 1. The van der Waals surface area contributed by atoms with Gasteiger partial charge in [0, 0.05) is 11.6 Å². The van der Waals surface area contributed by atoms with E-state index in [1.54, 1.807) is 18.2 Å². The lowest BCUT2D eigenvalue weighted by Gasteiger charge is -2.09. The lowest BCUT2D eigenvalue weighted by molar-refractivity contribution is 0.417. The molecule has 5 nitrogen and oxygen atoms in total. The first kappa shape index (κ1) is 15.6. The molecule has 0 heterocycles. The Bertz CT molecular complexity index is 730. The van der Waals surface area contributed by atoms with Gasteiger partial charge in [0.25, 0.3) is 0 Å². The summed E-state index contributed by atoms with van der Waals surface area (Å²) in [5.74, 6) is 0.555. The summed E-state index contributed by atoms with van der Waals surface area (Å²) in [6, 6.07) is 11.1. The Morgan fingerprint density at radius 1 is 1.19 bits per heavy atom. The number of hydrogen-bond acceptors (Lipinski definition) is 4. The van der Waals surface area contributed by atoms with Crippen molar-refractivity contribution in [1.82, 2.24) is 4.72 Å². The second kappa shape index (κ2) is 6.34. The zero-order valence-electron chi connectivity index (χ0n) is 11.3. The highest BCUT2D eigenvalue weighted by Gasteiger charge is 2.13. The van der Waals surface area contributed by atoms with Crippen LogP contribution in [0.5, 0.6) is 5.75 Å². The Balaban J connectivity index is 2.11. The van der Waals surface area contributed by atoms with Crippen LogP contribution in [0.4, 0.5) is 5.69 Å². The molecule has 7 heteroatoms. The fourth-order valence-corrected chi connectivity index (χ4v) is 2.91. The zero-order chi connectivity index (χ0) is 15.5. The number of rotatable bonds is 5. The lowest BCUT2D eigenvalue weighted by Crippen LogP contribution is -2.23. The quantitative estimate of drug-likeness (QED) is 0.827. The number of nitrogens with two attached hydrogens (primary N) is 1. The van der Waals surface area contributed by atoms with E-state index in [-0.39, 0.29) is 11.4 Å². The summed E-state index contributed by atoms with van der Waals surface area (Å²) < 4.78 is 31.8. The molecule has 0 fully saturated rings. The van der Waals surface area contributed by atoms with Crippen molar-refractivity contribution in [2.45, 2.75) is 11.4 Å². The van der Waals surface area contributed by atoms with E-state index in [2.05, 4.69) is 4.72 Å². The molecule has 0 saturated carbocycles. The molecule has 0 bridgehead atoms. The van der Waals surface area contributed by atoms with E-state index in [9.17, 15) is 8.42 Å². The highest BCUT2D eigenvalue weighted by Crippen LogP contribution is 2.22. The highest BCUT2D eigenvalue weighted by atomic mass is 35.5. The van der Waals surface area contributed by atoms with E-state index in [0.717, 1.165) is 5.56 Å². The van der Waals surface area contributed by atoms with Crippen LogP contribution >= 0.6 is 11.6 Å². The van der Waals surface area contributed by atoms with Crippen LogP contribution in [0, 0.1) is 0 Å². The number of hydrogen-bond donors (Lipinski definition) is 2. The van der Waals surface area contributed by atoms with Crippen molar-refractivity contribution in [3.63, 3.8) is 0 Å². The van der Waals surface area contributed by atoms with Gasteiger partial charge >= 0.3 is 0 Å². The summed E-state index contributed by atoms with van der Waals surface area (Å²) >= 11 is 5.74. The maximum Gasteiger partial charge on any atom is 0.240 e. The average Bonchev–Trinajstić information content (AvgIpc) is 2.46. The number of sulfonamides is 1. The first-order valence-electron chi connectivity index (χ1n) is 6.10. The van der Waals surface area contributed by atoms with Gasteiger partial charge in [-0.3, -0.25) is 0 Å². The zero-order valence-corrected chi connectivity index (χ0v) is 12.9. The van der Waals surface area contributed by atoms with Crippen LogP contribution in [0.1, 0.15) is 5.56 Å². The topological polar surface area (TPSA) is 81.4 Å². The molecule has 0 saturated heterocycles. The largest absolute Gasteiger partial charge is 0.495 e. The van der Waals surface area contributed by atoms with Crippen LogP contribution in [0.25, 0.3) is 0 Å². The Hall–Kier alpha value is -1.76. The normalized spacial score (nSPS) is 11.3. The van der Waals surface area contributed by atoms with Gasteiger partial charge in [-0.15, -0.1) is 0 Å². The predicted octanol–water partition coefficient (Wildman–Crippen LogP) is 2.41. The van der Waals surface area contributed by atoms with Crippen molar-refractivity contribution in [2.75, 3.05) is 12.8 Å². The number of halogens is 1. The van der Waals surface area contributed by atoms with Crippen LogP contribution in [-0.4, -0.2) is 15.5 Å². The van der Waals surface area contributed by atoms with Crippen molar-refractivity contribution in [2.24, 2.45) is 0 Å². The van der Waals surface area contributed by atoms with E-state index in [1.807, 2.05) is 0 Å². The highest BCUT2D eigenvalue weighted by molar-refractivity contribution is 7.89. The lowest BCUT2D eigenvalue weighted by atomic mass is 10.2. The predicted molar refractivity (Wildman–Crippen MR) is 82.9 cm³/mol. The van der Waals surface area contributed by atoms with Gasteiger partial charge in [0.15, 0.2) is 0 Å². The molecule has 0 unspecified atom stereocenters. The van der Waals surface area contributed by atoms with E-state index < -0.39 is 10.0 Å². The molecule has 21 heavy (non-hydrogen) atoms. The Kier molecular flexibility index (Phi) is 4.72. The van der Waals surface area contributed by atoms with Gasteiger partial charge in [-0.25, -0.2) is 13.1 Å². The molecule has 0 amide bonds. The van der Waals surface area contributed by atoms with Gasteiger partial charge < -0.3 is 10.5 Å². The van der Waals surface area contributed by atoms with Crippen LogP contribution in [0.3, 0.4) is 0 Å². The van der Waals surface area contributed by atoms with Crippen molar-refractivity contribution in [3.05, 3.63) is 53.1 Å². The monoisotopic (exact) mass is 326 g/mol. The third-order valence-electron chi connectivity index (χ3n) is 2.88. The summed E-state index contributed by atoms with van der Waals surface area (Å²) in [4.78, 5) is 0.161. The molecule has 0 aromatic heterocycles. The molecule has 0 radical (unpaired) electrons. The second-order valence-electron chi connectivity index (χ2n) is 4.35. The molecular formula is C14H15ClN2O3S. The van der Waals surface area contributed by atoms with Crippen molar-refractivity contribution >= 4 is 27.3 Å². The first-order chi connectivity index (χ1) is 9.92. The first-order valence-corrected chi connectivity index (χ1v) is 7.96. The Labute approximate surface area is 128 Å². The van der Waals surface area contributed by atoms with Crippen molar-refractivity contribution in [1.29, 1.82) is 0 Å². The van der Waals surface area contributed by atoms with E-state index in [1.165, 1.54) is 31.4 Å². The number of nitrogens with one attached hydrogen (secondary N) is 1. The summed E-state index contributed by atoms with van der Waals surface area (Å²) in [7, 11) is -2.06. The smallest absolute Gasteiger partial charge is 0.240 e. The molecular weight excluding hydrogens is 312 g/mol. The average molecular weight is 327 g/mol. The number of nitrogen functional groups attached to an aromatic ring is 1. The summed E-state index contributed by atoms with van der Waals surface area (Å²) in [5.41, 5.74) is 6.98. The maximum atomic E-state index is 12.1. The standard InChI is InChI=1S/C14H15ClN2O3S/c1-20-14-7-2-10(8-13(14)16)9-17-21(18,19)12-5-3-11(15)4-6-12/h2-8,17H,9,16H2,1H3. The number of methoxy groups -OCH3 is 1. The van der Waals surface area contributed by atoms with E-state index >= 15 is 0 Å². The molecule has 0 aliphatic heterocycles. The van der Waals surface area contributed by atoms with Crippen LogP contribution in [-0.2, 0) is 16.6 Å². The minimum Gasteiger partial charge on any atom is -0.495 e. The maximum absolute atomic E-state index is 12.1. The molecule has 0 aliphatic carbocycles. The fourth-order valence-electron chi connectivity index (χ4n) is 1.77. The molecule has 2 aromatic carbocycles. The number of benzene rings is 2. The van der Waals surface area contributed by atoms with Gasteiger partial charge in [0.2, 0.25) is 10.0 Å². The minimum atomic E-state index is -3.58. The molecule has 0 atom stereocenters. The molecule has 0 aliphatic rings. The molecule has 2 aromatic rings. The number of ether oxygens (including phenoxy) is 1. The SMILES string of the molecule is COc1ccc(CNS(=O)(=O)c2ccc(Cl)cc2)cc1N. The van der Waals surface area contributed by atoms with Crippen LogP contribution < -0.4 is 15.2 Å². The van der Waals surface area contributed by atoms with Gasteiger partial charge in [0.05, 0.1) is 17.7 Å². The van der Waals surface area contributed by atoms with Gasteiger partial charge in [-0.05, 0) is 42.0 Å². The molecule has 0 spiro atoms. The Morgan fingerprint density at radius 2 is 1.86 bits per heavy atom.